The van der Waals surface area contributed by atoms with Gasteiger partial charge in [0.2, 0.25) is 0 Å². The van der Waals surface area contributed by atoms with Gasteiger partial charge < -0.3 is 18.9 Å². The number of rotatable bonds is 13. The Morgan fingerprint density at radius 1 is 0.510 bits per heavy atom. The number of allylic oxidation sites excluding steroid dienone is 6. The highest BCUT2D eigenvalue weighted by molar-refractivity contribution is 5.44. The molecule has 3 atom stereocenters. The van der Waals surface area contributed by atoms with Crippen LogP contribution in [-0.2, 0) is 51.4 Å². The zero-order chi connectivity index (χ0) is 34.5. The first-order chi connectivity index (χ1) is 25.3. The first-order valence-electron chi connectivity index (χ1n) is 19.1. The van der Waals surface area contributed by atoms with E-state index in [0.717, 1.165) is 64.6 Å². The van der Waals surface area contributed by atoms with Crippen LogP contribution in [0, 0.1) is 0 Å². The van der Waals surface area contributed by atoms with E-state index in [-0.39, 0.29) is 18.5 Å². The van der Waals surface area contributed by atoms with Crippen LogP contribution >= 0.6 is 0 Å². The molecule has 0 amide bonds. The monoisotopic (exact) mass is 680 g/mol. The maximum atomic E-state index is 6.23. The van der Waals surface area contributed by atoms with Crippen LogP contribution in [0.5, 0.6) is 0 Å². The first-order valence-corrected chi connectivity index (χ1v) is 19.1. The summed E-state index contributed by atoms with van der Waals surface area (Å²) < 4.78 is 24.1. The van der Waals surface area contributed by atoms with Crippen molar-refractivity contribution >= 4 is 0 Å². The summed E-state index contributed by atoms with van der Waals surface area (Å²) in [5.74, 6) is 0.281. The standard InChI is InChI=1S/C47H52O4/c1-2-16-36(30-37-17-4-5-18-38(37)32-39-19-6-8-23-43(39)34-50-46-26-12-14-28-48-46)31-41(21-3-1)45-25-11-10-22-42(45)33-40-20-7-9-24-44(40)35-51-47-27-13-15-29-49-47/h1-11,16-20,22-25,31,41,46-47H,12-15,21,26-30,32-35H2/b3-1+,16-2-,36-31-. The molecular formula is C47H52O4. The second-order valence-corrected chi connectivity index (χ2v) is 14.1. The Morgan fingerprint density at radius 2 is 1.00 bits per heavy atom. The molecule has 2 saturated heterocycles. The number of ether oxygens (including phenoxy) is 4. The third-order valence-corrected chi connectivity index (χ3v) is 10.5. The lowest BCUT2D eigenvalue weighted by atomic mass is 9.85. The van der Waals surface area contributed by atoms with Gasteiger partial charge in [0.15, 0.2) is 12.6 Å². The van der Waals surface area contributed by atoms with Gasteiger partial charge in [-0.05, 0) is 114 Å². The van der Waals surface area contributed by atoms with Gasteiger partial charge in [0.25, 0.3) is 0 Å². The van der Waals surface area contributed by atoms with Gasteiger partial charge in [0.05, 0.1) is 13.2 Å². The molecule has 1 aliphatic carbocycles. The van der Waals surface area contributed by atoms with Gasteiger partial charge in [-0.15, -0.1) is 0 Å². The normalized spacial score (nSPS) is 23.1. The zero-order valence-corrected chi connectivity index (χ0v) is 29.9. The summed E-state index contributed by atoms with van der Waals surface area (Å²) >= 11 is 0. The quantitative estimate of drug-likeness (QED) is 0.141. The summed E-state index contributed by atoms with van der Waals surface area (Å²) in [5, 5.41) is 0. The van der Waals surface area contributed by atoms with Crippen LogP contribution in [0.2, 0.25) is 0 Å². The molecule has 4 heteroatoms. The maximum absolute atomic E-state index is 6.23. The smallest absolute Gasteiger partial charge is 0.158 e. The van der Waals surface area contributed by atoms with Crippen LogP contribution in [0.3, 0.4) is 0 Å². The van der Waals surface area contributed by atoms with Gasteiger partial charge >= 0.3 is 0 Å². The number of hydrogen-bond donors (Lipinski definition) is 0. The SMILES string of the molecule is C1=C\C(Cc2ccccc2Cc2ccccc2COC2CCCCO2)=C\C(c2ccccc2Cc2ccccc2COC2CCCCO2)C/C=C/1. The molecule has 3 unspecified atom stereocenters. The zero-order valence-electron chi connectivity index (χ0n) is 29.9. The molecule has 2 heterocycles. The molecule has 2 fully saturated rings. The van der Waals surface area contributed by atoms with Crippen LogP contribution in [0.1, 0.15) is 95.4 Å². The van der Waals surface area contributed by atoms with Crippen LogP contribution in [0.25, 0.3) is 0 Å². The van der Waals surface area contributed by atoms with Crippen LogP contribution in [0.15, 0.2) is 133 Å². The molecule has 4 nitrogen and oxygen atoms in total. The predicted molar refractivity (Wildman–Crippen MR) is 206 cm³/mol. The topological polar surface area (TPSA) is 36.9 Å². The summed E-state index contributed by atoms with van der Waals surface area (Å²) in [7, 11) is 0. The predicted octanol–water partition coefficient (Wildman–Crippen LogP) is 10.7. The Labute approximate surface area is 304 Å². The number of benzene rings is 4. The van der Waals surface area contributed by atoms with Crippen molar-refractivity contribution in [2.24, 2.45) is 0 Å². The fourth-order valence-corrected chi connectivity index (χ4v) is 7.58. The van der Waals surface area contributed by atoms with E-state index in [4.69, 9.17) is 18.9 Å². The average molecular weight is 681 g/mol. The van der Waals surface area contributed by atoms with E-state index in [0.29, 0.717) is 13.2 Å². The van der Waals surface area contributed by atoms with E-state index in [1.165, 1.54) is 62.9 Å². The summed E-state index contributed by atoms with van der Waals surface area (Å²) in [6.45, 7) is 2.75. The Morgan fingerprint density at radius 3 is 1.57 bits per heavy atom. The molecule has 0 radical (unpaired) electrons. The van der Waals surface area contributed by atoms with E-state index in [1.807, 2.05) is 0 Å². The van der Waals surface area contributed by atoms with Gasteiger partial charge in [0, 0.05) is 19.1 Å². The van der Waals surface area contributed by atoms with E-state index >= 15 is 0 Å². The molecule has 2 aliphatic heterocycles. The van der Waals surface area contributed by atoms with Crippen molar-refractivity contribution in [2.45, 2.75) is 95.9 Å². The Balaban J connectivity index is 1.08. The Hall–Kier alpha value is -4.06. The summed E-state index contributed by atoms with van der Waals surface area (Å²) in [5.41, 5.74) is 12.0. The average Bonchev–Trinajstić information content (AvgIpc) is 3.17. The van der Waals surface area contributed by atoms with E-state index in [9.17, 15) is 0 Å². The van der Waals surface area contributed by atoms with Crippen LogP contribution in [0.4, 0.5) is 0 Å². The molecule has 0 spiro atoms. The highest BCUT2D eigenvalue weighted by atomic mass is 16.7. The highest BCUT2D eigenvalue weighted by Crippen LogP contribution is 2.32. The molecule has 0 bridgehead atoms. The van der Waals surface area contributed by atoms with Crippen LogP contribution in [-0.4, -0.2) is 25.8 Å². The fraction of sp³-hybridized carbons (Fsp3) is 0.362. The molecule has 3 aliphatic rings. The maximum Gasteiger partial charge on any atom is 0.158 e. The second-order valence-electron chi connectivity index (χ2n) is 14.1. The largest absolute Gasteiger partial charge is 0.353 e. The molecule has 0 aromatic heterocycles. The minimum atomic E-state index is -0.0901. The van der Waals surface area contributed by atoms with Gasteiger partial charge in [-0.2, -0.15) is 0 Å². The summed E-state index contributed by atoms with van der Waals surface area (Å²) in [6, 6.07) is 35.4. The van der Waals surface area contributed by atoms with Gasteiger partial charge in [-0.3, -0.25) is 0 Å². The van der Waals surface area contributed by atoms with Crippen molar-refractivity contribution in [2.75, 3.05) is 13.2 Å². The molecule has 4 aromatic rings. The van der Waals surface area contributed by atoms with E-state index in [2.05, 4.69) is 127 Å². The van der Waals surface area contributed by atoms with Crippen molar-refractivity contribution in [3.05, 3.63) is 178 Å². The summed E-state index contributed by atoms with van der Waals surface area (Å²) in [6.07, 6.45) is 21.5. The third-order valence-electron chi connectivity index (χ3n) is 10.5. The Kier molecular flexibility index (Phi) is 12.8. The first kappa shape index (κ1) is 35.3. The van der Waals surface area contributed by atoms with Crippen molar-refractivity contribution in [3.8, 4) is 0 Å². The summed E-state index contributed by atoms with van der Waals surface area (Å²) in [4.78, 5) is 0. The lowest BCUT2D eigenvalue weighted by molar-refractivity contribution is -0.169. The van der Waals surface area contributed by atoms with Crippen molar-refractivity contribution < 1.29 is 18.9 Å². The molecule has 0 saturated carbocycles. The number of hydrogen-bond acceptors (Lipinski definition) is 4. The lowest BCUT2D eigenvalue weighted by Crippen LogP contribution is -2.22. The Bertz CT molecular complexity index is 1790. The minimum Gasteiger partial charge on any atom is -0.353 e. The minimum absolute atomic E-state index is 0.0886. The lowest BCUT2D eigenvalue weighted by Gasteiger charge is -2.23. The fourth-order valence-electron chi connectivity index (χ4n) is 7.58. The van der Waals surface area contributed by atoms with Crippen molar-refractivity contribution in [1.29, 1.82) is 0 Å². The van der Waals surface area contributed by atoms with E-state index in [1.54, 1.807) is 0 Å². The van der Waals surface area contributed by atoms with Gasteiger partial charge in [-0.1, -0.05) is 127 Å². The molecule has 4 aromatic carbocycles. The molecule has 0 N–H and O–H groups in total. The van der Waals surface area contributed by atoms with Crippen molar-refractivity contribution in [1.82, 2.24) is 0 Å². The van der Waals surface area contributed by atoms with Crippen molar-refractivity contribution in [3.63, 3.8) is 0 Å². The van der Waals surface area contributed by atoms with Crippen LogP contribution < -0.4 is 0 Å². The van der Waals surface area contributed by atoms with Gasteiger partial charge in [0.1, 0.15) is 0 Å². The second kappa shape index (κ2) is 18.4. The molecule has 264 valence electrons. The molecular weight excluding hydrogens is 629 g/mol. The third kappa shape index (κ3) is 10.1. The highest BCUT2D eigenvalue weighted by Gasteiger charge is 2.19. The molecule has 51 heavy (non-hydrogen) atoms. The van der Waals surface area contributed by atoms with Gasteiger partial charge in [-0.25, -0.2) is 0 Å². The molecule has 7 rings (SSSR count). The van der Waals surface area contributed by atoms with E-state index < -0.39 is 0 Å².